The first-order valence-electron chi connectivity index (χ1n) is 7.65. The standard InChI is InChI=1S/C19H14FNO5/c1-24-18(22)13-6-2-3-7-14(13)19(23)25-11-12-10-17(26-21-12)15-8-4-5-9-16(15)20/h2-10H,11H2,1H3. The summed E-state index contributed by atoms with van der Waals surface area (Å²) >= 11 is 0. The van der Waals surface area contributed by atoms with Crippen LogP contribution in [0.1, 0.15) is 26.4 Å². The number of esters is 2. The van der Waals surface area contributed by atoms with Crippen LogP contribution in [0.15, 0.2) is 59.1 Å². The number of hydrogen-bond donors (Lipinski definition) is 0. The zero-order valence-corrected chi connectivity index (χ0v) is 13.8. The van der Waals surface area contributed by atoms with E-state index < -0.39 is 17.8 Å². The lowest BCUT2D eigenvalue weighted by Crippen LogP contribution is -2.12. The third kappa shape index (κ3) is 3.61. The van der Waals surface area contributed by atoms with E-state index in [-0.39, 0.29) is 29.1 Å². The Hall–Kier alpha value is -3.48. The van der Waals surface area contributed by atoms with E-state index in [1.165, 1.54) is 31.4 Å². The van der Waals surface area contributed by atoms with Gasteiger partial charge in [-0.05, 0) is 24.3 Å². The van der Waals surface area contributed by atoms with Crippen LogP contribution in [0.3, 0.4) is 0 Å². The lowest BCUT2D eigenvalue weighted by Gasteiger charge is -2.07. The molecule has 0 amide bonds. The minimum atomic E-state index is -0.707. The highest BCUT2D eigenvalue weighted by atomic mass is 19.1. The number of halogens is 1. The summed E-state index contributed by atoms with van der Waals surface area (Å²) in [6, 6.07) is 13.7. The molecule has 0 N–H and O–H groups in total. The Morgan fingerprint density at radius 1 is 1.04 bits per heavy atom. The van der Waals surface area contributed by atoms with Crippen LogP contribution in [0.25, 0.3) is 11.3 Å². The van der Waals surface area contributed by atoms with Crippen LogP contribution in [0.5, 0.6) is 0 Å². The summed E-state index contributed by atoms with van der Waals surface area (Å²) in [5.74, 6) is -1.56. The predicted molar refractivity (Wildman–Crippen MR) is 88.8 cm³/mol. The number of nitrogens with zero attached hydrogens (tertiary/aromatic N) is 1. The lowest BCUT2D eigenvalue weighted by molar-refractivity contribution is 0.0450. The number of methoxy groups -OCH3 is 1. The van der Waals surface area contributed by atoms with E-state index in [1.54, 1.807) is 30.3 Å². The van der Waals surface area contributed by atoms with E-state index in [9.17, 15) is 14.0 Å². The summed E-state index contributed by atoms with van der Waals surface area (Å²) < 4.78 is 28.7. The van der Waals surface area contributed by atoms with Crippen LogP contribution in [0.2, 0.25) is 0 Å². The molecule has 1 heterocycles. The summed E-state index contributed by atoms with van der Waals surface area (Å²) in [5, 5.41) is 3.76. The first-order valence-corrected chi connectivity index (χ1v) is 7.65. The largest absolute Gasteiger partial charge is 0.465 e. The Morgan fingerprint density at radius 2 is 1.69 bits per heavy atom. The molecule has 0 spiro atoms. The Kier molecular flexibility index (Phi) is 5.07. The molecule has 0 bridgehead atoms. The molecule has 132 valence electrons. The van der Waals surface area contributed by atoms with Crippen LogP contribution in [0.4, 0.5) is 4.39 Å². The number of benzene rings is 2. The predicted octanol–water partition coefficient (Wildman–Crippen LogP) is 3.62. The zero-order chi connectivity index (χ0) is 18.5. The van der Waals surface area contributed by atoms with Crippen molar-refractivity contribution in [2.45, 2.75) is 6.61 Å². The Balaban J connectivity index is 1.72. The molecule has 0 aliphatic heterocycles. The Morgan fingerprint density at radius 3 is 2.38 bits per heavy atom. The minimum Gasteiger partial charge on any atom is -0.465 e. The number of carbonyl (C=O) groups is 2. The molecular formula is C19H14FNO5. The minimum absolute atomic E-state index is 0.0807. The molecule has 0 saturated carbocycles. The summed E-state index contributed by atoms with van der Waals surface area (Å²) in [6.45, 7) is -0.188. The van der Waals surface area contributed by atoms with Crippen molar-refractivity contribution in [3.63, 3.8) is 0 Å². The molecule has 0 fully saturated rings. The fraction of sp³-hybridized carbons (Fsp3) is 0.105. The third-order valence-electron chi connectivity index (χ3n) is 3.60. The van der Waals surface area contributed by atoms with Crippen molar-refractivity contribution in [2.75, 3.05) is 7.11 Å². The van der Waals surface area contributed by atoms with E-state index in [0.29, 0.717) is 5.69 Å². The molecule has 3 rings (SSSR count). The van der Waals surface area contributed by atoms with Gasteiger partial charge in [-0.3, -0.25) is 0 Å². The van der Waals surface area contributed by atoms with Gasteiger partial charge < -0.3 is 14.0 Å². The van der Waals surface area contributed by atoms with Crippen LogP contribution in [-0.2, 0) is 16.1 Å². The van der Waals surface area contributed by atoms with Gasteiger partial charge in [-0.1, -0.05) is 29.4 Å². The molecule has 7 heteroatoms. The van der Waals surface area contributed by atoms with Crippen LogP contribution in [0, 0.1) is 5.82 Å². The zero-order valence-electron chi connectivity index (χ0n) is 13.8. The highest BCUT2D eigenvalue weighted by Gasteiger charge is 2.19. The Bertz CT molecular complexity index is 950. The second kappa shape index (κ2) is 7.60. The summed E-state index contributed by atoms with van der Waals surface area (Å²) in [4.78, 5) is 24.0. The van der Waals surface area contributed by atoms with Crippen molar-refractivity contribution in [3.05, 3.63) is 77.2 Å². The van der Waals surface area contributed by atoms with Crippen LogP contribution in [-0.4, -0.2) is 24.2 Å². The van der Waals surface area contributed by atoms with Crippen molar-refractivity contribution in [1.82, 2.24) is 5.16 Å². The summed E-state index contributed by atoms with van der Waals surface area (Å²) in [5.41, 5.74) is 0.755. The SMILES string of the molecule is COC(=O)c1ccccc1C(=O)OCc1cc(-c2ccccc2F)on1. The molecule has 0 unspecified atom stereocenters. The van der Waals surface area contributed by atoms with Gasteiger partial charge in [-0.25, -0.2) is 14.0 Å². The van der Waals surface area contributed by atoms with E-state index >= 15 is 0 Å². The number of hydrogen-bond acceptors (Lipinski definition) is 6. The smallest absolute Gasteiger partial charge is 0.339 e. The molecule has 6 nitrogen and oxygen atoms in total. The monoisotopic (exact) mass is 355 g/mol. The molecule has 0 aliphatic rings. The second-order valence-electron chi connectivity index (χ2n) is 5.28. The molecule has 0 saturated heterocycles. The van der Waals surface area contributed by atoms with E-state index in [0.717, 1.165) is 0 Å². The average Bonchev–Trinajstić information content (AvgIpc) is 3.14. The maximum Gasteiger partial charge on any atom is 0.339 e. The fourth-order valence-electron chi connectivity index (χ4n) is 2.33. The maximum atomic E-state index is 13.8. The average molecular weight is 355 g/mol. The summed E-state index contributed by atoms with van der Waals surface area (Å²) in [6.07, 6.45) is 0. The topological polar surface area (TPSA) is 78.6 Å². The lowest BCUT2D eigenvalue weighted by atomic mass is 10.1. The second-order valence-corrected chi connectivity index (χ2v) is 5.28. The van der Waals surface area contributed by atoms with Gasteiger partial charge in [0.05, 0.1) is 23.8 Å². The van der Waals surface area contributed by atoms with Gasteiger partial charge in [0.15, 0.2) is 5.76 Å². The van der Waals surface area contributed by atoms with Crippen molar-refractivity contribution >= 4 is 11.9 Å². The van der Waals surface area contributed by atoms with Gasteiger partial charge in [0.1, 0.15) is 18.1 Å². The normalized spacial score (nSPS) is 10.4. The molecular weight excluding hydrogens is 341 g/mol. The summed E-state index contributed by atoms with van der Waals surface area (Å²) in [7, 11) is 1.23. The first-order chi connectivity index (χ1) is 12.6. The van der Waals surface area contributed by atoms with Gasteiger partial charge >= 0.3 is 11.9 Å². The first kappa shape index (κ1) is 17.3. The maximum absolute atomic E-state index is 13.8. The van der Waals surface area contributed by atoms with Crippen molar-refractivity contribution in [2.24, 2.45) is 0 Å². The number of ether oxygens (including phenoxy) is 2. The van der Waals surface area contributed by atoms with Gasteiger partial charge in [0, 0.05) is 6.07 Å². The fourth-order valence-corrected chi connectivity index (χ4v) is 2.33. The van der Waals surface area contributed by atoms with Crippen molar-refractivity contribution in [3.8, 4) is 11.3 Å². The molecule has 2 aromatic carbocycles. The van der Waals surface area contributed by atoms with E-state index in [1.807, 2.05) is 0 Å². The van der Waals surface area contributed by atoms with E-state index in [2.05, 4.69) is 9.89 Å². The van der Waals surface area contributed by atoms with Gasteiger partial charge in [-0.15, -0.1) is 0 Å². The molecule has 0 radical (unpaired) electrons. The van der Waals surface area contributed by atoms with E-state index in [4.69, 9.17) is 9.26 Å². The number of aromatic nitrogens is 1. The quantitative estimate of drug-likeness (QED) is 0.651. The third-order valence-corrected chi connectivity index (χ3v) is 3.60. The van der Waals surface area contributed by atoms with Crippen molar-refractivity contribution in [1.29, 1.82) is 0 Å². The molecule has 3 aromatic rings. The van der Waals surface area contributed by atoms with Crippen molar-refractivity contribution < 1.29 is 28.0 Å². The molecule has 0 atom stereocenters. The van der Waals surface area contributed by atoms with Gasteiger partial charge in [0.2, 0.25) is 0 Å². The van der Waals surface area contributed by atoms with Gasteiger partial charge in [-0.2, -0.15) is 0 Å². The highest BCUT2D eigenvalue weighted by Crippen LogP contribution is 2.23. The molecule has 26 heavy (non-hydrogen) atoms. The molecule has 1 aromatic heterocycles. The molecule has 0 aliphatic carbocycles. The Labute approximate surface area is 148 Å². The van der Waals surface area contributed by atoms with Gasteiger partial charge in [0.25, 0.3) is 0 Å². The number of carbonyl (C=O) groups excluding carboxylic acids is 2. The number of rotatable bonds is 5. The van der Waals surface area contributed by atoms with Crippen LogP contribution < -0.4 is 0 Å². The highest BCUT2D eigenvalue weighted by molar-refractivity contribution is 6.03. The van der Waals surface area contributed by atoms with Crippen LogP contribution >= 0.6 is 0 Å².